The Labute approximate surface area is 123 Å². The molecule has 0 radical (unpaired) electrons. The van der Waals surface area contributed by atoms with Crippen LogP contribution in [-0.2, 0) is 0 Å². The van der Waals surface area contributed by atoms with Crippen LogP contribution in [0.1, 0.15) is 24.2 Å². The molecule has 1 aromatic carbocycles. The second kappa shape index (κ2) is 5.79. The fraction of sp³-hybridized carbons (Fsp3) is 0.462. The summed E-state index contributed by atoms with van der Waals surface area (Å²) in [6.45, 7) is 5.05. The summed E-state index contributed by atoms with van der Waals surface area (Å²) in [5, 5.41) is 0.545. The lowest BCUT2D eigenvalue weighted by Gasteiger charge is -2.34. The maximum atomic E-state index is 13.8. The Bertz CT molecular complexity index is 478. The lowest BCUT2D eigenvalue weighted by Crippen LogP contribution is -2.44. The van der Waals surface area contributed by atoms with Crippen LogP contribution in [0.3, 0.4) is 0 Å². The number of thioether (sulfide) groups is 1. The van der Waals surface area contributed by atoms with E-state index in [0.717, 1.165) is 12.1 Å². The summed E-state index contributed by atoms with van der Waals surface area (Å²) in [7, 11) is 0. The predicted molar refractivity (Wildman–Crippen MR) is 76.5 cm³/mol. The van der Waals surface area contributed by atoms with E-state index in [-0.39, 0.29) is 15.0 Å². The molecule has 2 atom stereocenters. The normalized spacial score (nSPS) is 23.5. The molecule has 19 heavy (non-hydrogen) atoms. The standard InChI is InChI=1S/C13H14BrF2NOS/c1-7-5-17(6-8(2)19-7)13(18)12-10(15)3-9(14)4-11(12)16/h3-4,7-8H,5-6H2,1-2H3. The molecule has 1 saturated heterocycles. The fourth-order valence-corrected chi connectivity index (χ4v) is 3.98. The minimum Gasteiger partial charge on any atom is -0.336 e. The smallest absolute Gasteiger partial charge is 0.259 e. The van der Waals surface area contributed by atoms with Crippen LogP contribution in [0.5, 0.6) is 0 Å². The third kappa shape index (κ3) is 3.28. The molecule has 6 heteroatoms. The van der Waals surface area contributed by atoms with Gasteiger partial charge in [0.15, 0.2) is 0 Å². The van der Waals surface area contributed by atoms with Crippen LogP contribution in [0.25, 0.3) is 0 Å². The number of amides is 1. The van der Waals surface area contributed by atoms with E-state index in [4.69, 9.17) is 0 Å². The molecule has 0 N–H and O–H groups in total. The predicted octanol–water partition coefficient (Wildman–Crippen LogP) is 3.69. The molecule has 1 aromatic rings. The Morgan fingerprint density at radius 3 is 2.21 bits per heavy atom. The van der Waals surface area contributed by atoms with Crippen LogP contribution in [-0.4, -0.2) is 34.4 Å². The van der Waals surface area contributed by atoms with Gasteiger partial charge in [-0.3, -0.25) is 4.79 Å². The summed E-state index contributed by atoms with van der Waals surface area (Å²) in [6.07, 6.45) is 0. The molecule has 0 bridgehead atoms. The highest BCUT2D eigenvalue weighted by Crippen LogP contribution is 2.27. The van der Waals surface area contributed by atoms with Gasteiger partial charge in [-0.05, 0) is 12.1 Å². The third-order valence-corrected chi connectivity index (χ3v) is 4.61. The SMILES string of the molecule is CC1CN(C(=O)c2c(F)cc(Br)cc2F)CC(C)S1. The molecule has 0 spiro atoms. The summed E-state index contributed by atoms with van der Waals surface area (Å²) in [4.78, 5) is 13.8. The van der Waals surface area contributed by atoms with E-state index < -0.39 is 23.1 Å². The van der Waals surface area contributed by atoms with Crippen molar-refractivity contribution in [3.05, 3.63) is 33.8 Å². The van der Waals surface area contributed by atoms with E-state index in [9.17, 15) is 13.6 Å². The summed E-state index contributed by atoms with van der Waals surface area (Å²) < 4.78 is 27.9. The molecular formula is C13H14BrF2NOS. The van der Waals surface area contributed by atoms with Gasteiger partial charge in [0, 0.05) is 28.1 Å². The van der Waals surface area contributed by atoms with E-state index >= 15 is 0 Å². The van der Waals surface area contributed by atoms with Crippen molar-refractivity contribution in [1.82, 2.24) is 4.90 Å². The molecule has 0 aromatic heterocycles. The summed E-state index contributed by atoms with van der Waals surface area (Å²) in [6, 6.07) is 2.23. The molecule has 2 unspecified atom stereocenters. The highest BCUT2D eigenvalue weighted by Gasteiger charge is 2.29. The van der Waals surface area contributed by atoms with Gasteiger partial charge in [0.25, 0.3) is 5.91 Å². The van der Waals surface area contributed by atoms with Crippen molar-refractivity contribution >= 4 is 33.6 Å². The monoisotopic (exact) mass is 349 g/mol. The molecule has 1 amide bonds. The van der Waals surface area contributed by atoms with E-state index in [0.29, 0.717) is 13.1 Å². The Kier molecular flexibility index (Phi) is 4.50. The van der Waals surface area contributed by atoms with Crippen molar-refractivity contribution in [3.8, 4) is 0 Å². The van der Waals surface area contributed by atoms with Crippen LogP contribution in [0.2, 0.25) is 0 Å². The maximum absolute atomic E-state index is 13.8. The molecule has 104 valence electrons. The molecule has 2 rings (SSSR count). The number of halogens is 3. The number of hydrogen-bond donors (Lipinski definition) is 0. The van der Waals surface area contributed by atoms with Gasteiger partial charge in [0.05, 0.1) is 0 Å². The van der Waals surface area contributed by atoms with Gasteiger partial charge < -0.3 is 4.90 Å². The maximum Gasteiger partial charge on any atom is 0.259 e. The molecule has 1 heterocycles. The second-order valence-electron chi connectivity index (χ2n) is 4.71. The van der Waals surface area contributed by atoms with E-state index in [1.54, 1.807) is 11.8 Å². The summed E-state index contributed by atoms with van der Waals surface area (Å²) in [5.74, 6) is -2.22. The van der Waals surface area contributed by atoms with Crippen LogP contribution < -0.4 is 0 Å². The highest BCUT2D eigenvalue weighted by atomic mass is 79.9. The third-order valence-electron chi connectivity index (χ3n) is 2.93. The van der Waals surface area contributed by atoms with Crippen molar-refractivity contribution in [3.63, 3.8) is 0 Å². The molecule has 0 saturated carbocycles. The minimum atomic E-state index is -0.824. The zero-order chi connectivity index (χ0) is 14.2. The number of benzene rings is 1. The first-order valence-electron chi connectivity index (χ1n) is 5.97. The Morgan fingerprint density at radius 2 is 1.74 bits per heavy atom. The van der Waals surface area contributed by atoms with Crippen molar-refractivity contribution in [2.75, 3.05) is 13.1 Å². The van der Waals surface area contributed by atoms with Gasteiger partial charge in [-0.15, -0.1) is 0 Å². The van der Waals surface area contributed by atoms with Crippen molar-refractivity contribution < 1.29 is 13.6 Å². The van der Waals surface area contributed by atoms with Gasteiger partial charge in [-0.1, -0.05) is 29.8 Å². The number of hydrogen-bond acceptors (Lipinski definition) is 2. The summed E-state index contributed by atoms with van der Waals surface area (Å²) in [5.41, 5.74) is -0.463. The minimum absolute atomic E-state index is 0.272. The van der Waals surface area contributed by atoms with Gasteiger partial charge >= 0.3 is 0 Å². The van der Waals surface area contributed by atoms with E-state index in [2.05, 4.69) is 15.9 Å². The average molecular weight is 350 g/mol. The molecular weight excluding hydrogens is 336 g/mol. The zero-order valence-corrected chi connectivity index (χ0v) is 13.0. The Hall–Kier alpha value is -0.620. The first-order valence-corrected chi connectivity index (χ1v) is 7.71. The van der Waals surface area contributed by atoms with Gasteiger partial charge in [-0.2, -0.15) is 11.8 Å². The molecule has 0 aliphatic carbocycles. The molecule has 1 fully saturated rings. The second-order valence-corrected chi connectivity index (χ2v) is 7.51. The van der Waals surface area contributed by atoms with Gasteiger partial charge in [0.2, 0.25) is 0 Å². The number of rotatable bonds is 1. The van der Waals surface area contributed by atoms with Crippen molar-refractivity contribution in [2.24, 2.45) is 0 Å². The lowest BCUT2D eigenvalue weighted by molar-refractivity contribution is 0.0743. The number of nitrogens with zero attached hydrogens (tertiary/aromatic N) is 1. The average Bonchev–Trinajstić information content (AvgIpc) is 2.25. The van der Waals surface area contributed by atoms with Crippen molar-refractivity contribution in [1.29, 1.82) is 0 Å². The Balaban J connectivity index is 2.29. The van der Waals surface area contributed by atoms with Crippen LogP contribution in [0, 0.1) is 11.6 Å². The Morgan fingerprint density at radius 1 is 1.26 bits per heavy atom. The van der Waals surface area contributed by atoms with E-state index in [1.165, 1.54) is 4.90 Å². The fourth-order valence-electron chi connectivity index (χ4n) is 2.25. The number of carbonyl (C=O) groups is 1. The molecule has 2 nitrogen and oxygen atoms in total. The lowest BCUT2D eigenvalue weighted by atomic mass is 10.1. The summed E-state index contributed by atoms with van der Waals surface area (Å²) >= 11 is 4.78. The number of carbonyl (C=O) groups excluding carboxylic acids is 1. The largest absolute Gasteiger partial charge is 0.336 e. The molecule has 1 aliphatic heterocycles. The van der Waals surface area contributed by atoms with Crippen LogP contribution in [0.4, 0.5) is 8.78 Å². The van der Waals surface area contributed by atoms with Crippen LogP contribution >= 0.6 is 27.7 Å². The zero-order valence-electron chi connectivity index (χ0n) is 10.6. The van der Waals surface area contributed by atoms with E-state index in [1.807, 2.05) is 13.8 Å². The van der Waals surface area contributed by atoms with Crippen LogP contribution in [0.15, 0.2) is 16.6 Å². The van der Waals surface area contributed by atoms with Gasteiger partial charge in [0.1, 0.15) is 17.2 Å². The van der Waals surface area contributed by atoms with Gasteiger partial charge in [-0.25, -0.2) is 8.78 Å². The molecule has 1 aliphatic rings. The topological polar surface area (TPSA) is 20.3 Å². The van der Waals surface area contributed by atoms with Crippen molar-refractivity contribution in [2.45, 2.75) is 24.3 Å². The first-order chi connectivity index (χ1) is 8.88. The highest BCUT2D eigenvalue weighted by molar-refractivity contribution is 9.10. The quantitative estimate of drug-likeness (QED) is 0.770. The first kappa shape index (κ1) is 14.8.